The Kier molecular flexibility index (Phi) is 5.14. The second-order valence-electron chi connectivity index (χ2n) is 6.51. The molecule has 3 rings (SSSR count). The van der Waals surface area contributed by atoms with E-state index in [0.29, 0.717) is 11.1 Å². The van der Waals surface area contributed by atoms with Gasteiger partial charge in [-0.3, -0.25) is 9.89 Å². The number of aliphatic hydroxyl groups excluding tert-OH is 1. The average molecular weight is 353 g/mol. The molecule has 0 bridgehead atoms. The van der Waals surface area contributed by atoms with Gasteiger partial charge in [0, 0.05) is 23.7 Å². The van der Waals surface area contributed by atoms with E-state index in [9.17, 15) is 14.3 Å². The number of carbonyl (C=O) groups excluding carboxylic acids is 1. The van der Waals surface area contributed by atoms with Crippen LogP contribution in [0.2, 0.25) is 0 Å². The fraction of sp³-hybridized carbons (Fsp3) is 0.200. The third-order valence-corrected chi connectivity index (χ3v) is 4.28. The second kappa shape index (κ2) is 7.49. The summed E-state index contributed by atoms with van der Waals surface area (Å²) in [5.74, 6) is -0.678. The zero-order valence-electron chi connectivity index (χ0n) is 14.4. The predicted octanol–water partition coefficient (Wildman–Crippen LogP) is 2.94. The number of aromatic amines is 1. The van der Waals surface area contributed by atoms with Gasteiger partial charge in [0.2, 0.25) is 0 Å². The fourth-order valence-electron chi connectivity index (χ4n) is 2.77. The predicted molar refractivity (Wildman–Crippen MR) is 97.1 cm³/mol. The summed E-state index contributed by atoms with van der Waals surface area (Å²) in [7, 11) is 0. The standard InChI is InChI=1S/C20H20FN3O2/c1-20(13-25,10-16-4-2-3-5-18(16)21)24-19(26)15-8-6-14(7-9-15)17-11-22-23-12-17/h2-9,11-12,25H,10,13H2,1H3,(H,22,23)(H,24,26). The SMILES string of the molecule is CC(CO)(Cc1ccccc1F)NC(=O)c1ccc(-c2cn[nH]c2)cc1. The molecule has 0 spiro atoms. The van der Waals surface area contributed by atoms with Crippen LogP contribution in [0.25, 0.3) is 11.1 Å². The Morgan fingerprint density at radius 3 is 2.54 bits per heavy atom. The average Bonchev–Trinajstić information content (AvgIpc) is 3.18. The number of halogens is 1. The first-order valence-electron chi connectivity index (χ1n) is 8.27. The van der Waals surface area contributed by atoms with Crippen molar-refractivity contribution in [1.29, 1.82) is 0 Å². The van der Waals surface area contributed by atoms with Crippen molar-refractivity contribution in [3.63, 3.8) is 0 Å². The molecule has 26 heavy (non-hydrogen) atoms. The molecule has 0 aliphatic heterocycles. The lowest BCUT2D eigenvalue weighted by Gasteiger charge is -2.29. The normalized spacial score (nSPS) is 13.2. The number of nitrogens with zero attached hydrogens (tertiary/aromatic N) is 1. The third-order valence-electron chi connectivity index (χ3n) is 4.28. The maximum Gasteiger partial charge on any atom is 0.251 e. The maximum atomic E-state index is 13.9. The van der Waals surface area contributed by atoms with E-state index in [1.807, 2.05) is 12.1 Å². The van der Waals surface area contributed by atoms with Crippen LogP contribution in [0.5, 0.6) is 0 Å². The Morgan fingerprint density at radius 1 is 1.19 bits per heavy atom. The minimum absolute atomic E-state index is 0.190. The minimum atomic E-state index is -0.970. The van der Waals surface area contributed by atoms with Crippen molar-refractivity contribution in [2.24, 2.45) is 0 Å². The summed E-state index contributed by atoms with van der Waals surface area (Å²) in [5, 5.41) is 19.2. The van der Waals surface area contributed by atoms with Gasteiger partial charge in [-0.05, 0) is 36.2 Å². The molecule has 1 amide bonds. The van der Waals surface area contributed by atoms with Gasteiger partial charge in [-0.2, -0.15) is 5.10 Å². The van der Waals surface area contributed by atoms with E-state index in [1.54, 1.807) is 49.6 Å². The van der Waals surface area contributed by atoms with Crippen LogP contribution in [-0.2, 0) is 6.42 Å². The van der Waals surface area contributed by atoms with E-state index in [2.05, 4.69) is 15.5 Å². The highest BCUT2D eigenvalue weighted by atomic mass is 19.1. The van der Waals surface area contributed by atoms with Crippen LogP contribution < -0.4 is 5.32 Å². The van der Waals surface area contributed by atoms with Crippen LogP contribution in [0.3, 0.4) is 0 Å². The van der Waals surface area contributed by atoms with Crippen LogP contribution in [0.4, 0.5) is 4.39 Å². The van der Waals surface area contributed by atoms with Gasteiger partial charge < -0.3 is 10.4 Å². The van der Waals surface area contributed by atoms with Gasteiger partial charge in [0.25, 0.3) is 5.91 Å². The molecule has 6 heteroatoms. The molecular weight excluding hydrogens is 333 g/mol. The highest BCUT2D eigenvalue weighted by Gasteiger charge is 2.27. The molecule has 3 N–H and O–H groups in total. The second-order valence-corrected chi connectivity index (χ2v) is 6.51. The van der Waals surface area contributed by atoms with Crippen molar-refractivity contribution >= 4 is 5.91 Å². The number of rotatable bonds is 6. The molecule has 3 aromatic rings. The molecule has 5 nitrogen and oxygen atoms in total. The summed E-state index contributed by atoms with van der Waals surface area (Å²) in [4.78, 5) is 12.6. The largest absolute Gasteiger partial charge is 0.394 e. The molecule has 0 aliphatic rings. The van der Waals surface area contributed by atoms with Crippen LogP contribution in [0, 0.1) is 5.82 Å². The highest BCUT2D eigenvalue weighted by Crippen LogP contribution is 2.20. The monoisotopic (exact) mass is 353 g/mol. The molecule has 1 heterocycles. The zero-order valence-corrected chi connectivity index (χ0v) is 14.4. The first-order valence-corrected chi connectivity index (χ1v) is 8.27. The topological polar surface area (TPSA) is 78.0 Å². The molecule has 0 radical (unpaired) electrons. The Labute approximate surface area is 150 Å². The number of nitrogens with one attached hydrogen (secondary N) is 2. The highest BCUT2D eigenvalue weighted by molar-refractivity contribution is 5.95. The number of hydrogen-bond acceptors (Lipinski definition) is 3. The van der Waals surface area contributed by atoms with Gasteiger partial charge in [-0.1, -0.05) is 30.3 Å². The Balaban J connectivity index is 1.73. The van der Waals surface area contributed by atoms with E-state index >= 15 is 0 Å². The molecule has 2 aromatic carbocycles. The fourth-order valence-corrected chi connectivity index (χ4v) is 2.77. The molecule has 1 atom stereocenters. The number of H-pyrrole nitrogens is 1. The molecule has 1 aromatic heterocycles. The number of aliphatic hydroxyl groups is 1. The van der Waals surface area contributed by atoms with Crippen LogP contribution >= 0.6 is 0 Å². The Hall–Kier alpha value is -2.99. The van der Waals surface area contributed by atoms with E-state index in [4.69, 9.17) is 0 Å². The summed E-state index contributed by atoms with van der Waals surface area (Å²) >= 11 is 0. The molecule has 0 saturated carbocycles. The van der Waals surface area contributed by atoms with Crippen molar-refractivity contribution in [2.45, 2.75) is 18.9 Å². The van der Waals surface area contributed by atoms with E-state index < -0.39 is 5.54 Å². The van der Waals surface area contributed by atoms with Crippen LogP contribution in [-0.4, -0.2) is 33.4 Å². The summed E-state index contributed by atoms with van der Waals surface area (Å²) in [6.45, 7) is 1.39. The zero-order chi connectivity index (χ0) is 18.6. The summed E-state index contributed by atoms with van der Waals surface area (Å²) in [5.41, 5.74) is 1.80. The number of amides is 1. The quantitative estimate of drug-likeness (QED) is 0.638. The van der Waals surface area contributed by atoms with Crippen molar-refractivity contribution in [2.75, 3.05) is 6.61 Å². The third kappa shape index (κ3) is 3.97. The van der Waals surface area contributed by atoms with Crippen molar-refractivity contribution < 1.29 is 14.3 Å². The number of aromatic nitrogens is 2. The van der Waals surface area contributed by atoms with Crippen molar-refractivity contribution in [3.05, 3.63) is 77.9 Å². The molecule has 1 unspecified atom stereocenters. The molecule has 0 fully saturated rings. The summed E-state index contributed by atoms with van der Waals surface area (Å²) in [6.07, 6.45) is 3.66. The first kappa shape index (κ1) is 17.8. The summed E-state index contributed by atoms with van der Waals surface area (Å²) < 4.78 is 13.9. The van der Waals surface area contributed by atoms with Gasteiger partial charge in [0.05, 0.1) is 18.3 Å². The van der Waals surface area contributed by atoms with Crippen LogP contribution in [0.15, 0.2) is 60.9 Å². The Morgan fingerprint density at radius 2 is 1.92 bits per heavy atom. The summed E-state index contributed by atoms with van der Waals surface area (Å²) in [6, 6.07) is 13.4. The van der Waals surface area contributed by atoms with Crippen molar-refractivity contribution in [3.8, 4) is 11.1 Å². The molecule has 0 aliphatic carbocycles. The number of hydrogen-bond donors (Lipinski definition) is 3. The Bertz CT molecular complexity index is 878. The van der Waals surface area contributed by atoms with Crippen LogP contribution in [0.1, 0.15) is 22.8 Å². The van der Waals surface area contributed by atoms with E-state index in [0.717, 1.165) is 11.1 Å². The smallest absolute Gasteiger partial charge is 0.251 e. The molecular formula is C20H20FN3O2. The van der Waals surface area contributed by atoms with E-state index in [-0.39, 0.29) is 24.8 Å². The van der Waals surface area contributed by atoms with Gasteiger partial charge in [0.1, 0.15) is 5.82 Å². The minimum Gasteiger partial charge on any atom is -0.394 e. The van der Waals surface area contributed by atoms with Crippen molar-refractivity contribution in [1.82, 2.24) is 15.5 Å². The molecule has 0 saturated heterocycles. The van der Waals surface area contributed by atoms with Gasteiger partial charge >= 0.3 is 0 Å². The molecule has 134 valence electrons. The van der Waals surface area contributed by atoms with Gasteiger partial charge in [-0.15, -0.1) is 0 Å². The lowest BCUT2D eigenvalue weighted by atomic mass is 9.92. The lowest BCUT2D eigenvalue weighted by Crippen LogP contribution is -2.50. The number of benzene rings is 2. The maximum absolute atomic E-state index is 13.9. The van der Waals surface area contributed by atoms with Gasteiger partial charge in [0.15, 0.2) is 0 Å². The van der Waals surface area contributed by atoms with E-state index in [1.165, 1.54) is 6.07 Å². The first-order chi connectivity index (χ1) is 12.5. The lowest BCUT2D eigenvalue weighted by molar-refractivity contribution is 0.0851. The number of carbonyl (C=O) groups is 1. The van der Waals surface area contributed by atoms with Gasteiger partial charge in [-0.25, -0.2) is 4.39 Å².